The Balaban J connectivity index is 1.91. The van der Waals surface area contributed by atoms with Gasteiger partial charge in [-0.1, -0.05) is 41.6 Å². The predicted molar refractivity (Wildman–Crippen MR) is 68.9 cm³/mol. The Bertz CT molecular complexity index is 588. The van der Waals surface area contributed by atoms with Crippen LogP contribution in [0.4, 0.5) is 0 Å². The highest BCUT2D eigenvalue weighted by Gasteiger charge is 2.23. The van der Waals surface area contributed by atoms with Crippen molar-refractivity contribution in [3.8, 4) is 11.4 Å². The van der Waals surface area contributed by atoms with E-state index in [-0.39, 0.29) is 12.0 Å². The van der Waals surface area contributed by atoms with Crippen molar-refractivity contribution in [2.75, 3.05) is 0 Å². The fourth-order valence-electron chi connectivity index (χ4n) is 2.23. The number of allylic oxidation sites excluding steroid dienone is 1. The third-order valence-electron chi connectivity index (χ3n) is 3.26. The summed E-state index contributed by atoms with van der Waals surface area (Å²) in [5, 5.41) is 4.06. The Hall–Kier alpha value is -1.94. The largest absolute Gasteiger partial charge is 0.338 e. The molecule has 3 rings (SSSR count). The maximum Gasteiger partial charge on any atom is 0.233 e. The van der Waals surface area contributed by atoms with E-state index in [2.05, 4.69) is 10.1 Å². The van der Waals surface area contributed by atoms with E-state index >= 15 is 0 Å². The van der Waals surface area contributed by atoms with Gasteiger partial charge in [0.15, 0.2) is 0 Å². The zero-order valence-corrected chi connectivity index (χ0v) is 10.2. The number of nitrogens with two attached hydrogens (primary N) is 1. The van der Waals surface area contributed by atoms with Crippen LogP contribution in [0.3, 0.4) is 0 Å². The van der Waals surface area contributed by atoms with Gasteiger partial charge in [0, 0.05) is 11.6 Å². The fourth-order valence-corrected chi connectivity index (χ4v) is 2.23. The lowest BCUT2D eigenvalue weighted by molar-refractivity contribution is 0.365. The highest BCUT2D eigenvalue weighted by Crippen LogP contribution is 2.28. The van der Waals surface area contributed by atoms with Gasteiger partial charge in [-0.15, -0.1) is 0 Å². The first-order chi connectivity index (χ1) is 8.74. The Morgan fingerprint density at radius 2 is 2.11 bits per heavy atom. The van der Waals surface area contributed by atoms with Gasteiger partial charge in [0.05, 0.1) is 5.92 Å². The lowest BCUT2D eigenvalue weighted by Gasteiger charge is -2.02. The second-order valence-corrected chi connectivity index (χ2v) is 4.66. The van der Waals surface area contributed by atoms with Crippen LogP contribution in [-0.4, -0.2) is 16.2 Å². The van der Waals surface area contributed by atoms with Gasteiger partial charge in [-0.05, 0) is 18.9 Å². The molecular formula is C14H15N3O. The molecule has 1 aliphatic carbocycles. The van der Waals surface area contributed by atoms with Crippen LogP contribution >= 0.6 is 0 Å². The summed E-state index contributed by atoms with van der Waals surface area (Å²) in [5.74, 6) is 1.46. The van der Waals surface area contributed by atoms with E-state index in [4.69, 9.17) is 10.3 Å². The smallest absolute Gasteiger partial charge is 0.233 e. The highest BCUT2D eigenvalue weighted by molar-refractivity contribution is 5.59. The third-order valence-corrected chi connectivity index (χ3v) is 3.26. The van der Waals surface area contributed by atoms with Crippen molar-refractivity contribution < 1.29 is 4.52 Å². The van der Waals surface area contributed by atoms with Crippen LogP contribution in [0, 0.1) is 6.92 Å². The van der Waals surface area contributed by atoms with Gasteiger partial charge in [-0.3, -0.25) is 0 Å². The van der Waals surface area contributed by atoms with Gasteiger partial charge in [-0.25, -0.2) is 0 Å². The monoisotopic (exact) mass is 241 g/mol. The number of hydrogen-bond donors (Lipinski definition) is 1. The summed E-state index contributed by atoms with van der Waals surface area (Å²) in [5.41, 5.74) is 7.98. The molecule has 0 saturated heterocycles. The Kier molecular flexibility index (Phi) is 2.72. The predicted octanol–water partition coefficient (Wildman–Crippen LogP) is 2.42. The average molecular weight is 241 g/mol. The van der Waals surface area contributed by atoms with E-state index in [0.29, 0.717) is 11.7 Å². The number of nitrogens with zero attached hydrogens (tertiary/aromatic N) is 2. The molecule has 2 unspecified atom stereocenters. The molecule has 18 heavy (non-hydrogen) atoms. The molecule has 0 amide bonds. The molecule has 0 aliphatic heterocycles. The summed E-state index contributed by atoms with van der Waals surface area (Å²) in [4.78, 5) is 4.47. The molecule has 0 fully saturated rings. The van der Waals surface area contributed by atoms with Crippen molar-refractivity contribution in [3.63, 3.8) is 0 Å². The molecule has 2 N–H and O–H groups in total. The van der Waals surface area contributed by atoms with E-state index in [1.807, 2.05) is 43.3 Å². The summed E-state index contributed by atoms with van der Waals surface area (Å²) < 4.78 is 5.34. The normalized spacial score (nSPS) is 22.6. The van der Waals surface area contributed by atoms with Crippen LogP contribution in [-0.2, 0) is 0 Å². The molecule has 1 heterocycles. The van der Waals surface area contributed by atoms with Crippen LogP contribution in [0.2, 0.25) is 0 Å². The first-order valence-electron chi connectivity index (χ1n) is 6.07. The van der Waals surface area contributed by atoms with Crippen molar-refractivity contribution in [1.82, 2.24) is 10.1 Å². The molecule has 1 aromatic heterocycles. The molecule has 1 aromatic carbocycles. The lowest BCUT2D eigenvalue weighted by atomic mass is 10.1. The second kappa shape index (κ2) is 4.38. The van der Waals surface area contributed by atoms with E-state index in [1.165, 1.54) is 0 Å². The van der Waals surface area contributed by atoms with Gasteiger partial charge in [0.2, 0.25) is 11.7 Å². The van der Waals surface area contributed by atoms with E-state index < -0.39 is 0 Å². The number of hydrogen-bond acceptors (Lipinski definition) is 4. The zero-order valence-electron chi connectivity index (χ0n) is 10.2. The standard InChI is InChI=1S/C14H15N3O/c1-9-4-2-3-5-12(9)13-16-14(18-17-13)10-6-7-11(15)8-10/h2-7,10-11H,8,15H2,1H3. The number of aryl methyl sites for hydroxylation is 1. The summed E-state index contributed by atoms with van der Waals surface area (Å²) in [6, 6.07) is 8.11. The highest BCUT2D eigenvalue weighted by atomic mass is 16.5. The topological polar surface area (TPSA) is 64.9 Å². The molecule has 0 bridgehead atoms. The van der Waals surface area contributed by atoms with Crippen LogP contribution in [0.15, 0.2) is 40.9 Å². The quantitative estimate of drug-likeness (QED) is 0.820. The maximum atomic E-state index is 5.83. The average Bonchev–Trinajstić information content (AvgIpc) is 2.98. The molecule has 0 saturated carbocycles. The first kappa shape index (κ1) is 11.2. The van der Waals surface area contributed by atoms with Crippen LogP contribution in [0.25, 0.3) is 11.4 Å². The van der Waals surface area contributed by atoms with Gasteiger partial charge < -0.3 is 10.3 Å². The minimum Gasteiger partial charge on any atom is -0.338 e. The first-order valence-corrected chi connectivity index (χ1v) is 6.07. The Morgan fingerprint density at radius 3 is 2.83 bits per heavy atom. The van der Waals surface area contributed by atoms with Gasteiger partial charge in [-0.2, -0.15) is 4.98 Å². The lowest BCUT2D eigenvalue weighted by Crippen LogP contribution is -2.14. The summed E-state index contributed by atoms with van der Waals surface area (Å²) in [6.07, 6.45) is 4.87. The molecule has 92 valence electrons. The molecule has 4 heteroatoms. The second-order valence-electron chi connectivity index (χ2n) is 4.66. The number of rotatable bonds is 2. The van der Waals surface area contributed by atoms with Crippen LogP contribution in [0.1, 0.15) is 23.8 Å². The Labute approximate surface area is 106 Å². The van der Waals surface area contributed by atoms with Gasteiger partial charge in [0.1, 0.15) is 0 Å². The van der Waals surface area contributed by atoms with Crippen LogP contribution < -0.4 is 5.73 Å². The third kappa shape index (κ3) is 1.95. The Morgan fingerprint density at radius 1 is 1.28 bits per heavy atom. The minimum absolute atomic E-state index is 0.101. The molecular weight excluding hydrogens is 226 g/mol. The zero-order chi connectivity index (χ0) is 12.5. The van der Waals surface area contributed by atoms with Crippen molar-refractivity contribution in [3.05, 3.63) is 47.9 Å². The molecule has 0 spiro atoms. The fraction of sp³-hybridized carbons (Fsp3) is 0.286. The molecule has 0 radical (unpaired) electrons. The SMILES string of the molecule is Cc1ccccc1-c1noc(C2C=CC(N)C2)n1. The van der Waals surface area contributed by atoms with Crippen molar-refractivity contribution >= 4 is 0 Å². The van der Waals surface area contributed by atoms with Gasteiger partial charge >= 0.3 is 0 Å². The van der Waals surface area contributed by atoms with E-state index in [0.717, 1.165) is 17.5 Å². The number of benzene rings is 1. The molecule has 4 nitrogen and oxygen atoms in total. The van der Waals surface area contributed by atoms with Crippen molar-refractivity contribution in [2.45, 2.75) is 25.3 Å². The van der Waals surface area contributed by atoms with Crippen molar-refractivity contribution in [2.24, 2.45) is 5.73 Å². The summed E-state index contributed by atoms with van der Waals surface area (Å²) in [7, 11) is 0. The van der Waals surface area contributed by atoms with E-state index in [1.54, 1.807) is 0 Å². The van der Waals surface area contributed by atoms with Crippen LogP contribution in [0.5, 0.6) is 0 Å². The molecule has 2 atom stereocenters. The summed E-state index contributed by atoms with van der Waals surface area (Å²) >= 11 is 0. The molecule has 1 aliphatic rings. The maximum absolute atomic E-state index is 5.83. The van der Waals surface area contributed by atoms with Crippen molar-refractivity contribution in [1.29, 1.82) is 0 Å². The van der Waals surface area contributed by atoms with E-state index in [9.17, 15) is 0 Å². The van der Waals surface area contributed by atoms with Gasteiger partial charge in [0.25, 0.3) is 0 Å². The minimum atomic E-state index is 0.101. The molecule has 2 aromatic rings. The summed E-state index contributed by atoms with van der Waals surface area (Å²) in [6.45, 7) is 2.04. The number of aromatic nitrogens is 2.